The van der Waals surface area contributed by atoms with Gasteiger partial charge in [0.15, 0.2) is 0 Å². The number of hydrogen-bond donors (Lipinski definition) is 1. The average Bonchev–Trinajstić information content (AvgIpc) is 3.00. The van der Waals surface area contributed by atoms with Crippen LogP contribution < -0.4 is 14.8 Å². The van der Waals surface area contributed by atoms with E-state index in [1.807, 2.05) is 93.6 Å². The zero-order chi connectivity index (χ0) is 29.4. The summed E-state index contributed by atoms with van der Waals surface area (Å²) in [7, 11) is 0. The van der Waals surface area contributed by atoms with Gasteiger partial charge in [0.1, 0.15) is 24.5 Å². The van der Waals surface area contributed by atoms with E-state index in [1.54, 1.807) is 23.4 Å². The maximum absolute atomic E-state index is 12.4. The Morgan fingerprint density at radius 1 is 0.881 bits per heavy atom. The van der Waals surface area contributed by atoms with Crippen molar-refractivity contribution in [3.63, 3.8) is 0 Å². The number of carbonyl (C=O) groups excluding carboxylic acids is 1. The molecule has 0 saturated heterocycles. The Hall–Kier alpha value is -4.92. The van der Waals surface area contributed by atoms with Crippen LogP contribution in [-0.4, -0.2) is 44.6 Å². The van der Waals surface area contributed by atoms with E-state index < -0.39 is 5.60 Å². The Morgan fingerprint density at radius 3 is 2.12 bits per heavy atom. The molecule has 1 amide bonds. The highest BCUT2D eigenvalue weighted by Crippen LogP contribution is 2.29. The molecule has 0 bridgehead atoms. The largest absolute Gasteiger partial charge is 0.473 e. The van der Waals surface area contributed by atoms with E-state index in [-0.39, 0.29) is 6.09 Å². The summed E-state index contributed by atoms with van der Waals surface area (Å²) in [5, 5.41) is 3.23. The lowest BCUT2D eigenvalue weighted by atomic mass is 10.0. The zero-order valence-electron chi connectivity index (χ0n) is 24.1. The summed E-state index contributed by atoms with van der Waals surface area (Å²) in [4.78, 5) is 27.7. The zero-order valence-corrected chi connectivity index (χ0v) is 24.1. The minimum atomic E-state index is -0.519. The molecule has 2 aromatic heterocycles. The van der Waals surface area contributed by atoms with Crippen LogP contribution in [0.1, 0.15) is 43.9 Å². The first-order chi connectivity index (χ1) is 20.3. The average molecular weight is 566 g/mol. The molecule has 0 radical (unpaired) electrons. The first kappa shape index (κ1) is 28.6. The van der Waals surface area contributed by atoms with Crippen LogP contribution >= 0.6 is 0 Å². The molecule has 3 heterocycles. The lowest BCUT2D eigenvalue weighted by Gasteiger charge is -2.29. The van der Waals surface area contributed by atoms with Gasteiger partial charge in [0, 0.05) is 37.1 Å². The lowest BCUT2D eigenvalue weighted by Crippen LogP contribution is -2.39. The van der Waals surface area contributed by atoms with Crippen LogP contribution in [-0.2, 0) is 18.0 Å². The van der Waals surface area contributed by atoms with Gasteiger partial charge < -0.3 is 24.4 Å². The van der Waals surface area contributed by atoms with Crippen LogP contribution in [0.5, 0.6) is 11.8 Å². The third-order valence-corrected chi connectivity index (χ3v) is 6.41. The molecule has 1 N–H and O–H groups in total. The number of amides is 1. The van der Waals surface area contributed by atoms with Crippen LogP contribution in [0, 0.1) is 0 Å². The number of benzene rings is 2. The molecule has 0 unspecified atom stereocenters. The van der Waals surface area contributed by atoms with Gasteiger partial charge in [-0.05, 0) is 50.0 Å². The number of hydrogen-bond acceptors (Lipinski definition) is 8. The lowest BCUT2D eigenvalue weighted by molar-refractivity contribution is 0.0270. The second kappa shape index (κ2) is 13.2. The summed E-state index contributed by atoms with van der Waals surface area (Å²) < 4.78 is 17.5. The molecule has 1 aliphatic heterocycles. The number of ether oxygens (including phenoxy) is 3. The molecular formula is C33H35N5O4. The maximum Gasteiger partial charge on any atom is 0.410 e. The monoisotopic (exact) mass is 565 g/mol. The van der Waals surface area contributed by atoms with Crippen LogP contribution in [0.4, 0.5) is 16.4 Å². The summed E-state index contributed by atoms with van der Waals surface area (Å²) in [6, 6.07) is 23.5. The second-order valence-corrected chi connectivity index (χ2v) is 10.9. The van der Waals surface area contributed by atoms with E-state index in [2.05, 4.69) is 20.3 Å². The molecule has 4 aromatic rings. The minimum Gasteiger partial charge on any atom is -0.473 e. The highest BCUT2D eigenvalue weighted by molar-refractivity contribution is 5.72. The molecule has 9 nitrogen and oxygen atoms in total. The van der Waals surface area contributed by atoms with Crippen molar-refractivity contribution in [1.82, 2.24) is 19.9 Å². The summed E-state index contributed by atoms with van der Waals surface area (Å²) in [5.74, 6) is 1.25. The predicted molar refractivity (Wildman–Crippen MR) is 162 cm³/mol. The fraction of sp³-hybridized carbons (Fsp3) is 0.273. The van der Waals surface area contributed by atoms with Crippen molar-refractivity contribution in [3.05, 3.63) is 108 Å². The third kappa shape index (κ3) is 8.06. The van der Waals surface area contributed by atoms with Gasteiger partial charge in [0.2, 0.25) is 17.7 Å². The van der Waals surface area contributed by atoms with Crippen LogP contribution in [0.3, 0.4) is 0 Å². The molecular weight excluding hydrogens is 530 g/mol. The van der Waals surface area contributed by atoms with Gasteiger partial charge in [-0.15, -0.1) is 0 Å². The van der Waals surface area contributed by atoms with Crippen molar-refractivity contribution in [2.45, 2.75) is 46.0 Å². The Bertz CT molecular complexity index is 1500. The molecule has 0 aliphatic carbocycles. The fourth-order valence-corrected chi connectivity index (χ4v) is 4.27. The number of nitrogens with one attached hydrogen (secondary N) is 1. The molecule has 1 aliphatic rings. The van der Waals surface area contributed by atoms with Crippen molar-refractivity contribution in [3.8, 4) is 11.8 Å². The van der Waals surface area contributed by atoms with Crippen LogP contribution in [0.25, 0.3) is 5.57 Å². The first-order valence-electron chi connectivity index (χ1n) is 13.9. The van der Waals surface area contributed by atoms with E-state index in [0.29, 0.717) is 56.1 Å². The standard InChI is InChI=1S/C33H35N5O4/c1-33(2,3)42-32(39)38-18-16-26(17-19-38)27-20-34-31(35-21-27)36-28-14-15-29(40-22-24-10-6-4-7-11-24)37-30(28)41-23-25-12-8-5-9-13-25/h4-16,20-21H,17-19,22-23H2,1-3H3,(H,34,35,36). The van der Waals surface area contributed by atoms with E-state index in [4.69, 9.17) is 14.2 Å². The van der Waals surface area contributed by atoms with E-state index in [9.17, 15) is 4.79 Å². The van der Waals surface area contributed by atoms with E-state index in [0.717, 1.165) is 22.3 Å². The van der Waals surface area contributed by atoms with Gasteiger partial charge in [0.25, 0.3) is 0 Å². The van der Waals surface area contributed by atoms with E-state index in [1.165, 1.54) is 0 Å². The molecule has 9 heteroatoms. The van der Waals surface area contributed by atoms with Gasteiger partial charge in [-0.1, -0.05) is 66.7 Å². The normalized spacial score (nSPS) is 13.2. The summed E-state index contributed by atoms with van der Waals surface area (Å²) in [6.45, 7) is 7.40. The molecule has 0 saturated carbocycles. The molecule has 0 spiro atoms. The van der Waals surface area contributed by atoms with Gasteiger partial charge >= 0.3 is 6.09 Å². The number of carbonyl (C=O) groups is 1. The molecule has 42 heavy (non-hydrogen) atoms. The van der Waals surface area contributed by atoms with Gasteiger partial charge in [0.05, 0.1) is 0 Å². The molecule has 5 rings (SSSR count). The van der Waals surface area contributed by atoms with Gasteiger partial charge in [-0.2, -0.15) is 4.98 Å². The predicted octanol–water partition coefficient (Wildman–Crippen LogP) is 6.80. The molecule has 2 aromatic carbocycles. The first-order valence-corrected chi connectivity index (χ1v) is 13.9. The molecule has 0 atom stereocenters. The number of anilines is 2. The van der Waals surface area contributed by atoms with Crippen molar-refractivity contribution in [1.29, 1.82) is 0 Å². The summed E-state index contributed by atoms with van der Waals surface area (Å²) in [5.41, 5.74) is 4.17. The van der Waals surface area contributed by atoms with Crippen LogP contribution in [0.15, 0.2) is 91.3 Å². The Balaban J connectivity index is 1.26. The van der Waals surface area contributed by atoms with Crippen molar-refractivity contribution in [2.24, 2.45) is 0 Å². The number of nitrogens with zero attached hydrogens (tertiary/aromatic N) is 4. The molecule has 0 fully saturated rings. The van der Waals surface area contributed by atoms with Crippen LogP contribution in [0.2, 0.25) is 0 Å². The Kier molecular flexibility index (Phi) is 8.96. The third-order valence-electron chi connectivity index (χ3n) is 6.41. The highest BCUT2D eigenvalue weighted by Gasteiger charge is 2.24. The van der Waals surface area contributed by atoms with Crippen molar-refractivity contribution in [2.75, 3.05) is 18.4 Å². The second-order valence-electron chi connectivity index (χ2n) is 10.9. The minimum absolute atomic E-state index is 0.302. The summed E-state index contributed by atoms with van der Waals surface area (Å²) in [6.07, 6.45) is 5.97. The highest BCUT2D eigenvalue weighted by atomic mass is 16.6. The number of rotatable bonds is 9. The maximum atomic E-state index is 12.4. The van der Waals surface area contributed by atoms with Crippen molar-refractivity contribution < 1.29 is 19.0 Å². The summed E-state index contributed by atoms with van der Waals surface area (Å²) >= 11 is 0. The smallest absolute Gasteiger partial charge is 0.410 e. The SMILES string of the molecule is CC(C)(C)OC(=O)N1CC=C(c2cnc(Nc3ccc(OCc4ccccc4)nc3OCc3ccccc3)nc2)CC1. The number of aromatic nitrogens is 3. The Labute approximate surface area is 246 Å². The Morgan fingerprint density at radius 2 is 1.52 bits per heavy atom. The quantitative estimate of drug-likeness (QED) is 0.237. The fourth-order valence-electron chi connectivity index (χ4n) is 4.27. The van der Waals surface area contributed by atoms with E-state index >= 15 is 0 Å². The van der Waals surface area contributed by atoms with Crippen molar-refractivity contribution >= 4 is 23.3 Å². The number of pyridine rings is 1. The molecule has 216 valence electrons. The topological polar surface area (TPSA) is 98.7 Å². The van der Waals surface area contributed by atoms with Gasteiger partial charge in [-0.25, -0.2) is 14.8 Å². The van der Waals surface area contributed by atoms with Gasteiger partial charge in [-0.3, -0.25) is 0 Å².